The van der Waals surface area contributed by atoms with Crippen LogP contribution in [0.5, 0.6) is 0 Å². The highest BCUT2D eigenvalue weighted by Gasteiger charge is 2.46. The number of fused-ring (bicyclic) bond motifs is 3. The Bertz CT molecular complexity index is 1110. The summed E-state index contributed by atoms with van der Waals surface area (Å²) in [4.78, 5) is 14.9. The molecule has 1 aliphatic carbocycles. The fraction of sp³-hybridized carbons (Fsp3) is 0.304. The van der Waals surface area contributed by atoms with Crippen LogP contribution in [0, 0.1) is 24.5 Å². The van der Waals surface area contributed by atoms with Crippen LogP contribution in [-0.2, 0) is 6.54 Å². The predicted molar refractivity (Wildman–Crippen MR) is 106 cm³/mol. The Labute approximate surface area is 172 Å². The lowest BCUT2D eigenvalue weighted by molar-refractivity contribution is 0.0914. The van der Waals surface area contributed by atoms with E-state index in [1.165, 1.54) is 17.7 Å². The quantitative estimate of drug-likeness (QED) is 0.709. The van der Waals surface area contributed by atoms with Crippen molar-refractivity contribution < 1.29 is 18.1 Å². The van der Waals surface area contributed by atoms with E-state index in [-0.39, 0.29) is 29.5 Å². The SMILES string of the molecule is Cc1cc(C(=O)N[C@@H]2c3ccccc3[C@@H]3CN(Cc4cc(F)ccc4F)C[C@H]23)no1. The number of rotatable bonds is 4. The number of halogens is 2. The Morgan fingerprint density at radius 1 is 1.17 bits per heavy atom. The fourth-order valence-corrected chi connectivity index (χ4v) is 4.85. The normalized spacial score (nSPS) is 22.7. The second kappa shape index (κ2) is 7.32. The molecule has 7 heteroatoms. The van der Waals surface area contributed by atoms with E-state index in [0.717, 1.165) is 18.2 Å². The van der Waals surface area contributed by atoms with Crippen molar-refractivity contribution in [1.29, 1.82) is 0 Å². The number of hydrogen-bond acceptors (Lipinski definition) is 4. The number of carbonyl (C=O) groups excluding carboxylic acids is 1. The minimum absolute atomic E-state index is 0.149. The highest BCUT2D eigenvalue weighted by Crippen LogP contribution is 2.49. The molecule has 0 unspecified atom stereocenters. The number of aromatic nitrogens is 1. The topological polar surface area (TPSA) is 58.4 Å². The minimum Gasteiger partial charge on any atom is -0.361 e. The van der Waals surface area contributed by atoms with Crippen LogP contribution >= 0.6 is 0 Å². The van der Waals surface area contributed by atoms with E-state index in [9.17, 15) is 13.6 Å². The van der Waals surface area contributed by atoms with E-state index in [1.807, 2.05) is 18.2 Å². The van der Waals surface area contributed by atoms with Gasteiger partial charge in [0.25, 0.3) is 5.91 Å². The Kier molecular flexibility index (Phi) is 4.62. The molecule has 1 fully saturated rings. The molecule has 2 heterocycles. The van der Waals surface area contributed by atoms with Gasteiger partial charge in [0.15, 0.2) is 5.69 Å². The van der Waals surface area contributed by atoms with E-state index in [1.54, 1.807) is 13.0 Å². The van der Waals surface area contributed by atoms with Gasteiger partial charge in [-0.05, 0) is 36.2 Å². The first kappa shape index (κ1) is 18.9. The van der Waals surface area contributed by atoms with E-state index >= 15 is 0 Å². The zero-order valence-electron chi connectivity index (χ0n) is 16.4. The maximum absolute atomic E-state index is 14.1. The lowest BCUT2D eigenvalue weighted by Gasteiger charge is -2.22. The minimum atomic E-state index is -0.441. The second-order valence-electron chi connectivity index (χ2n) is 8.10. The van der Waals surface area contributed by atoms with E-state index in [2.05, 4.69) is 21.4 Å². The van der Waals surface area contributed by atoms with E-state index in [0.29, 0.717) is 24.4 Å². The first-order chi connectivity index (χ1) is 14.5. The lowest BCUT2D eigenvalue weighted by atomic mass is 9.94. The first-order valence-corrected chi connectivity index (χ1v) is 9.99. The third-order valence-electron chi connectivity index (χ3n) is 6.15. The van der Waals surface area contributed by atoms with Crippen molar-refractivity contribution in [1.82, 2.24) is 15.4 Å². The van der Waals surface area contributed by atoms with Gasteiger partial charge in [0.2, 0.25) is 0 Å². The van der Waals surface area contributed by atoms with Crippen molar-refractivity contribution in [3.8, 4) is 0 Å². The monoisotopic (exact) mass is 409 g/mol. The van der Waals surface area contributed by atoms with Crippen molar-refractivity contribution in [2.45, 2.75) is 25.4 Å². The van der Waals surface area contributed by atoms with Crippen LogP contribution in [-0.4, -0.2) is 29.1 Å². The van der Waals surface area contributed by atoms with Crippen molar-refractivity contribution >= 4 is 5.91 Å². The smallest absolute Gasteiger partial charge is 0.273 e. The molecule has 0 radical (unpaired) electrons. The average molecular weight is 409 g/mol. The lowest BCUT2D eigenvalue weighted by Crippen LogP contribution is -2.33. The molecular formula is C23H21F2N3O2. The summed E-state index contributed by atoms with van der Waals surface area (Å²) in [6.45, 7) is 3.48. The van der Waals surface area contributed by atoms with Crippen LogP contribution in [0.3, 0.4) is 0 Å². The molecule has 154 valence electrons. The molecule has 0 saturated carbocycles. The molecule has 1 aliphatic heterocycles. The molecule has 0 spiro atoms. The molecule has 1 N–H and O–H groups in total. The highest BCUT2D eigenvalue weighted by molar-refractivity contribution is 5.92. The number of hydrogen-bond donors (Lipinski definition) is 1. The molecule has 1 amide bonds. The molecule has 0 bridgehead atoms. The molecule has 5 rings (SSSR count). The standard InChI is InChI=1S/C23H21F2N3O2/c1-13-8-21(27-30-13)23(29)26-22-17-5-3-2-4-16(17)18-11-28(12-19(18)22)10-14-9-15(24)6-7-20(14)25/h2-9,18-19,22H,10-12H2,1H3,(H,26,29)/t18-,19-,22+/m0/s1. The number of benzene rings is 2. The van der Waals surface area contributed by atoms with Gasteiger partial charge < -0.3 is 9.84 Å². The average Bonchev–Trinajstić information content (AvgIpc) is 3.41. The molecule has 5 nitrogen and oxygen atoms in total. The third-order valence-corrected chi connectivity index (χ3v) is 6.15. The van der Waals surface area contributed by atoms with Gasteiger partial charge in [0.05, 0.1) is 6.04 Å². The van der Waals surface area contributed by atoms with Gasteiger partial charge in [-0.1, -0.05) is 29.4 Å². The third kappa shape index (κ3) is 3.29. The number of nitrogens with one attached hydrogen (secondary N) is 1. The van der Waals surface area contributed by atoms with Crippen LogP contribution in [0.2, 0.25) is 0 Å². The zero-order chi connectivity index (χ0) is 20.8. The maximum Gasteiger partial charge on any atom is 0.273 e. The Hall–Kier alpha value is -3.06. The van der Waals surface area contributed by atoms with Crippen LogP contribution in [0.25, 0.3) is 0 Å². The van der Waals surface area contributed by atoms with Crippen LogP contribution in [0.4, 0.5) is 8.78 Å². The summed E-state index contributed by atoms with van der Waals surface area (Å²) in [7, 11) is 0. The molecule has 3 aromatic rings. The number of amides is 1. The summed E-state index contributed by atoms with van der Waals surface area (Å²) < 4.78 is 32.7. The molecule has 2 aliphatic rings. The van der Waals surface area contributed by atoms with Gasteiger partial charge in [0.1, 0.15) is 17.4 Å². The van der Waals surface area contributed by atoms with Crippen molar-refractivity contribution in [3.63, 3.8) is 0 Å². The fourth-order valence-electron chi connectivity index (χ4n) is 4.85. The predicted octanol–water partition coefficient (Wildman–Crippen LogP) is 3.96. The van der Waals surface area contributed by atoms with Gasteiger partial charge in [-0.2, -0.15) is 0 Å². The molecule has 3 atom stereocenters. The summed E-state index contributed by atoms with van der Waals surface area (Å²) in [5, 5.41) is 6.93. The molecule has 1 aromatic heterocycles. The van der Waals surface area contributed by atoms with Crippen LogP contribution < -0.4 is 5.32 Å². The van der Waals surface area contributed by atoms with Crippen molar-refractivity contribution in [3.05, 3.63) is 88.3 Å². The number of likely N-dealkylation sites (tertiary alicyclic amines) is 1. The van der Waals surface area contributed by atoms with Gasteiger partial charge in [-0.25, -0.2) is 8.78 Å². The number of nitrogens with zero attached hydrogens (tertiary/aromatic N) is 2. The van der Waals surface area contributed by atoms with Gasteiger partial charge in [-0.15, -0.1) is 0 Å². The van der Waals surface area contributed by atoms with Gasteiger partial charge in [0, 0.05) is 43.1 Å². The first-order valence-electron chi connectivity index (χ1n) is 9.99. The van der Waals surface area contributed by atoms with Crippen LogP contribution in [0.1, 0.15) is 44.9 Å². The molecular weight excluding hydrogens is 388 g/mol. The summed E-state index contributed by atoms with van der Waals surface area (Å²) in [5.74, 6) is -0.168. The molecule has 2 aromatic carbocycles. The molecule has 1 saturated heterocycles. The summed E-state index contributed by atoms with van der Waals surface area (Å²) in [6, 6.07) is 13.1. The maximum atomic E-state index is 14.1. The van der Waals surface area contributed by atoms with E-state index < -0.39 is 11.6 Å². The van der Waals surface area contributed by atoms with Crippen molar-refractivity contribution in [2.24, 2.45) is 5.92 Å². The zero-order valence-corrected chi connectivity index (χ0v) is 16.4. The van der Waals surface area contributed by atoms with Crippen molar-refractivity contribution in [2.75, 3.05) is 13.1 Å². The summed E-state index contributed by atoms with van der Waals surface area (Å²) >= 11 is 0. The highest BCUT2D eigenvalue weighted by atomic mass is 19.1. The van der Waals surface area contributed by atoms with Gasteiger partial charge >= 0.3 is 0 Å². The number of carbonyl (C=O) groups is 1. The second-order valence-corrected chi connectivity index (χ2v) is 8.10. The Morgan fingerprint density at radius 3 is 2.73 bits per heavy atom. The molecule has 30 heavy (non-hydrogen) atoms. The van der Waals surface area contributed by atoms with Gasteiger partial charge in [-0.3, -0.25) is 9.69 Å². The number of aryl methyl sites for hydroxylation is 1. The van der Waals surface area contributed by atoms with Crippen LogP contribution in [0.15, 0.2) is 53.1 Å². The largest absolute Gasteiger partial charge is 0.361 e. The Morgan fingerprint density at radius 2 is 1.97 bits per heavy atom. The summed E-state index contributed by atoms with van der Waals surface area (Å²) in [6.07, 6.45) is 0. The Balaban J connectivity index is 1.39. The summed E-state index contributed by atoms with van der Waals surface area (Å²) in [5.41, 5.74) is 2.91. The van der Waals surface area contributed by atoms with E-state index in [4.69, 9.17) is 4.52 Å².